The van der Waals surface area contributed by atoms with Crippen LogP contribution in [-0.2, 0) is 0 Å². The summed E-state index contributed by atoms with van der Waals surface area (Å²) < 4.78 is 0. The summed E-state index contributed by atoms with van der Waals surface area (Å²) in [6, 6.07) is 0. The first-order valence-electron chi connectivity index (χ1n) is 6.15. The van der Waals surface area contributed by atoms with E-state index < -0.39 is 0 Å². The highest BCUT2D eigenvalue weighted by Gasteiger charge is 2.10. The Morgan fingerprint density at radius 3 is 1.69 bits per heavy atom. The lowest BCUT2D eigenvalue weighted by molar-refractivity contribution is 0.0823. The first-order valence-corrected chi connectivity index (χ1v) is 6.15. The molecule has 0 aromatic rings. The largest absolute Gasteiger partial charge is 0.392 e. The summed E-state index contributed by atoms with van der Waals surface area (Å²) in [6.45, 7) is 6.91. The first-order chi connectivity index (χ1) is 7.41. The van der Waals surface area contributed by atoms with E-state index in [1.807, 2.05) is 0 Å². The van der Waals surface area contributed by atoms with E-state index in [9.17, 15) is 10.2 Å². The minimum atomic E-state index is -0.326. The molecule has 0 rings (SSSR count). The molecular formula is C12H28N2O2. The Labute approximate surface area is 99.9 Å². The van der Waals surface area contributed by atoms with Gasteiger partial charge in [-0.1, -0.05) is 0 Å². The van der Waals surface area contributed by atoms with Gasteiger partial charge in [-0.15, -0.1) is 0 Å². The standard InChI is InChI=1S/C12H28N2O2/c1-11(15)9-14(10-12(2)16)8-6-5-7-13(3)4/h11-12,15-16H,5-10H2,1-4H3. The third-order valence-electron chi connectivity index (χ3n) is 2.37. The highest BCUT2D eigenvalue weighted by Crippen LogP contribution is 2.00. The van der Waals surface area contributed by atoms with Gasteiger partial charge in [-0.25, -0.2) is 0 Å². The van der Waals surface area contributed by atoms with Crippen molar-refractivity contribution in [1.29, 1.82) is 0 Å². The molecule has 0 radical (unpaired) electrons. The van der Waals surface area contributed by atoms with Gasteiger partial charge < -0.3 is 15.1 Å². The molecule has 0 saturated carbocycles. The van der Waals surface area contributed by atoms with Gasteiger partial charge in [0, 0.05) is 13.1 Å². The summed E-state index contributed by atoms with van der Waals surface area (Å²) in [5.74, 6) is 0. The van der Waals surface area contributed by atoms with Crippen LogP contribution in [0, 0.1) is 0 Å². The fourth-order valence-electron chi connectivity index (χ4n) is 1.77. The number of nitrogens with zero attached hydrogens (tertiary/aromatic N) is 2. The van der Waals surface area contributed by atoms with E-state index in [2.05, 4.69) is 23.9 Å². The lowest BCUT2D eigenvalue weighted by Crippen LogP contribution is -2.37. The van der Waals surface area contributed by atoms with Gasteiger partial charge in [-0.3, -0.25) is 4.90 Å². The average Bonchev–Trinajstić information content (AvgIpc) is 2.09. The Morgan fingerprint density at radius 1 is 0.875 bits per heavy atom. The van der Waals surface area contributed by atoms with Gasteiger partial charge in [0.25, 0.3) is 0 Å². The molecular weight excluding hydrogens is 204 g/mol. The lowest BCUT2D eigenvalue weighted by atomic mass is 10.2. The highest BCUT2D eigenvalue weighted by molar-refractivity contribution is 4.64. The molecule has 0 spiro atoms. The predicted molar refractivity (Wildman–Crippen MR) is 67.6 cm³/mol. The molecule has 98 valence electrons. The third kappa shape index (κ3) is 10.4. The number of aliphatic hydroxyl groups excluding tert-OH is 2. The Balaban J connectivity index is 3.73. The SMILES string of the molecule is CC(O)CN(CCCCN(C)C)CC(C)O. The number of aliphatic hydroxyl groups is 2. The van der Waals surface area contributed by atoms with E-state index in [-0.39, 0.29) is 12.2 Å². The van der Waals surface area contributed by atoms with Gasteiger partial charge in [-0.05, 0) is 53.9 Å². The van der Waals surface area contributed by atoms with Crippen molar-refractivity contribution in [2.24, 2.45) is 0 Å². The first kappa shape index (κ1) is 15.8. The normalized spacial score (nSPS) is 15.8. The van der Waals surface area contributed by atoms with Crippen LogP contribution in [0.3, 0.4) is 0 Å². The molecule has 0 aromatic heterocycles. The van der Waals surface area contributed by atoms with Crippen LogP contribution in [0.1, 0.15) is 26.7 Å². The molecule has 0 heterocycles. The number of hydrogen-bond acceptors (Lipinski definition) is 4. The zero-order chi connectivity index (χ0) is 12.6. The maximum Gasteiger partial charge on any atom is 0.0639 e. The molecule has 0 bridgehead atoms. The van der Waals surface area contributed by atoms with Crippen molar-refractivity contribution in [3.63, 3.8) is 0 Å². The molecule has 0 aliphatic rings. The zero-order valence-corrected chi connectivity index (χ0v) is 11.2. The molecule has 16 heavy (non-hydrogen) atoms. The van der Waals surface area contributed by atoms with Gasteiger partial charge in [-0.2, -0.15) is 0 Å². The molecule has 4 heteroatoms. The molecule has 4 nitrogen and oxygen atoms in total. The molecule has 2 unspecified atom stereocenters. The van der Waals surface area contributed by atoms with Crippen LogP contribution in [0.25, 0.3) is 0 Å². The van der Waals surface area contributed by atoms with Gasteiger partial charge in [0.15, 0.2) is 0 Å². The fourth-order valence-corrected chi connectivity index (χ4v) is 1.77. The van der Waals surface area contributed by atoms with Crippen molar-refractivity contribution in [3.8, 4) is 0 Å². The number of unbranched alkanes of at least 4 members (excludes halogenated alkanes) is 1. The van der Waals surface area contributed by atoms with Crippen molar-refractivity contribution in [2.75, 3.05) is 40.3 Å². The van der Waals surface area contributed by atoms with Crippen LogP contribution in [0.4, 0.5) is 0 Å². The van der Waals surface area contributed by atoms with Gasteiger partial charge in [0.2, 0.25) is 0 Å². The summed E-state index contributed by atoms with van der Waals surface area (Å²) in [4.78, 5) is 4.30. The van der Waals surface area contributed by atoms with Crippen molar-refractivity contribution in [3.05, 3.63) is 0 Å². The van der Waals surface area contributed by atoms with E-state index in [4.69, 9.17) is 0 Å². The van der Waals surface area contributed by atoms with Crippen molar-refractivity contribution < 1.29 is 10.2 Å². The Hall–Kier alpha value is -0.160. The summed E-state index contributed by atoms with van der Waals surface area (Å²) >= 11 is 0. The molecule has 0 fully saturated rings. The van der Waals surface area contributed by atoms with E-state index in [1.54, 1.807) is 13.8 Å². The van der Waals surface area contributed by atoms with Gasteiger partial charge >= 0.3 is 0 Å². The molecule has 0 aliphatic heterocycles. The lowest BCUT2D eigenvalue weighted by Gasteiger charge is -2.25. The topological polar surface area (TPSA) is 46.9 Å². The molecule has 2 atom stereocenters. The second-order valence-corrected chi connectivity index (χ2v) is 4.97. The van der Waals surface area contributed by atoms with Crippen LogP contribution >= 0.6 is 0 Å². The van der Waals surface area contributed by atoms with Crippen molar-refractivity contribution >= 4 is 0 Å². The molecule has 2 N–H and O–H groups in total. The third-order valence-corrected chi connectivity index (χ3v) is 2.37. The summed E-state index contributed by atoms with van der Waals surface area (Å²) in [5, 5.41) is 18.7. The molecule has 0 aromatic carbocycles. The zero-order valence-electron chi connectivity index (χ0n) is 11.2. The second-order valence-electron chi connectivity index (χ2n) is 4.97. The quantitative estimate of drug-likeness (QED) is 0.565. The number of rotatable bonds is 9. The van der Waals surface area contributed by atoms with Gasteiger partial charge in [0.1, 0.15) is 0 Å². The van der Waals surface area contributed by atoms with Crippen LogP contribution in [0.2, 0.25) is 0 Å². The van der Waals surface area contributed by atoms with Crippen molar-refractivity contribution in [1.82, 2.24) is 9.80 Å². The van der Waals surface area contributed by atoms with E-state index in [0.717, 1.165) is 25.9 Å². The van der Waals surface area contributed by atoms with E-state index in [1.165, 1.54) is 0 Å². The molecule has 0 saturated heterocycles. The average molecular weight is 232 g/mol. The summed E-state index contributed by atoms with van der Waals surface area (Å²) in [7, 11) is 4.15. The van der Waals surface area contributed by atoms with Crippen LogP contribution in [-0.4, -0.2) is 72.5 Å². The minimum absolute atomic E-state index is 0.326. The molecule has 0 aliphatic carbocycles. The van der Waals surface area contributed by atoms with Crippen LogP contribution in [0.5, 0.6) is 0 Å². The summed E-state index contributed by atoms with van der Waals surface area (Å²) in [5.41, 5.74) is 0. The fraction of sp³-hybridized carbons (Fsp3) is 1.00. The molecule has 0 amide bonds. The van der Waals surface area contributed by atoms with Crippen LogP contribution < -0.4 is 0 Å². The highest BCUT2D eigenvalue weighted by atomic mass is 16.3. The predicted octanol–water partition coefficient (Wildman–Crippen LogP) is 0.392. The minimum Gasteiger partial charge on any atom is -0.392 e. The van der Waals surface area contributed by atoms with Gasteiger partial charge in [0.05, 0.1) is 12.2 Å². The smallest absolute Gasteiger partial charge is 0.0639 e. The van der Waals surface area contributed by atoms with E-state index in [0.29, 0.717) is 13.1 Å². The maximum absolute atomic E-state index is 9.35. The maximum atomic E-state index is 9.35. The van der Waals surface area contributed by atoms with Crippen LogP contribution in [0.15, 0.2) is 0 Å². The van der Waals surface area contributed by atoms with E-state index >= 15 is 0 Å². The Kier molecular flexibility index (Phi) is 8.84. The monoisotopic (exact) mass is 232 g/mol. The van der Waals surface area contributed by atoms with Crippen molar-refractivity contribution in [2.45, 2.75) is 38.9 Å². The Bertz CT molecular complexity index is 151. The summed E-state index contributed by atoms with van der Waals surface area (Å²) in [6.07, 6.45) is 1.61. The second kappa shape index (κ2) is 8.93. The Morgan fingerprint density at radius 2 is 1.31 bits per heavy atom. The number of hydrogen-bond donors (Lipinski definition) is 2.